The largest absolute Gasteiger partial charge is 0.478 e. The van der Waals surface area contributed by atoms with Crippen LogP contribution in [0.1, 0.15) is 0 Å². The van der Waals surface area contributed by atoms with E-state index >= 15 is 0 Å². The molecule has 1 aromatic carbocycles. The molecule has 0 amide bonds. The molecule has 17 heavy (non-hydrogen) atoms. The number of rotatable bonds is 2. The Morgan fingerprint density at radius 1 is 1.00 bits per heavy atom. The van der Waals surface area contributed by atoms with Gasteiger partial charge in [-0.15, -0.1) is 0 Å². The molecule has 0 fully saturated rings. The number of carbonyl (C=O) groups is 2. The van der Waals surface area contributed by atoms with Crippen molar-refractivity contribution in [1.82, 2.24) is 0 Å². The lowest BCUT2D eigenvalue weighted by Gasteiger charge is -1.83. The number of carboxylic acids is 2. The third-order valence-electron chi connectivity index (χ3n) is 1.15. The second-order valence-electron chi connectivity index (χ2n) is 2.50. The van der Waals surface area contributed by atoms with Crippen LogP contribution in [-0.4, -0.2) is 22.2 Å². The summed E-state index contributed by atoms with van der Waals surface area (Å²) in [7, 11) is 0. The van der Waals surface area contributed by atoms with E-state index in [-0.39, 0.29) is 0 Å². The molecule has 92 valence electrons. The summed E-state index contributed by atoms with van der Waals surface area (Å²) in [6.45, 7) is 5.92. The van der Waals surface area contributed by atoms with Crippen LogP contribution >= 0.6 is 0 Å². The number of anilines is 1. The smallest absolute Gasteiger partial charge is 0.327 e. The summed E-state index contributed by atoms with van der Waals surface area (Å²) in [5.41, 5.74) is 6.18. The zero-order valence-corrected chi connectivity index (χ0v) is 9.24. The van der Waals surface area contributed by atoms with E-state index in [4.69, 9.17) is 15.9 Å². The van der Waals surface area contributed by atoms with Gasteiger partial charge in [-0.2, -0.15) is 0 Å². The highest BCUT2D eigenvalue weighted by Crippen LogP contribution is 1.95. The van der Waals surface area contributed by atoms with Crippen LogP contribution in [-0.2, 0) is 9.59 Å². The highest BCUT2D eigenvalue weighted by Gasteiger charge is 1.74. The number of aliphatic carboxylic acids is 2. The maximum atomic E-state index is 9.25. The molecule has 0 aliphatic heterocycles. The first-order valence-corrected chi connectivity index (χ1v) is 4.45. The maximum Gasteiger partial charge on any atom is 0.327 e. The minimum atomic E-state index is -0.981. The van der Waals surface area contributed by atoms with Crippen LogP contribution in [0, 0.1) is 0 Å². The monoisotopic (exact) mass is 237 g/mol. The molecule has 0 radical (unpaired) electrons. The predicted octanol–water partition coefficient (Wildman–Crippen LogP) is 1.78. The molecule has 0 bridgehead atoms. The Balaban J connectivity index is 0. The second kappa shape index (κ2) is 11.5. The lowest BCUT2D eigenvalue weighted by molar-refractivity contribution is -0.132. The van der Waals surface area contributed by atoms with Gasteiger partial charge in [0, 0.05) is 17.8 Å². The van der Waals surface area contributed by atoms with Crippen molar-refractivity contribution in [2.75, 3.05) is 5.73 Å². The summed E-state index contributed by atoms with van der Waals surface area (Å²) < 4.78 is 0. The molecule has 0 spiro atoms. The summed E-state index contributed by atoms with van der Waals surface area (Å²) in [4.78, 5) is 18.5. The van der Waals surface area contributed by atoms with Crippen molar-refractivity contribution in [3.63, 3.8) is 0 Å². The molecule has 0 aliphatic rings. The minimum absolute atomic E-state index is 0.822. The normalized spacial score (nSPS) is 7.29. The SMILES string of the molecule is C=CC(=O)O.C=CC(=O)O.Nc1ccccc1. The van der Waals surface area contributed by atoms with Crippen molar-refractivity contribution >= 4 is 17.6 Å². The van der Waals surface area contributed by atoms with Crippen LogP contribution < -0.4 is 5.73 Å². The average molecular weight is 237 g/mol. The Bertz CT molecular complexity index is 342. The molecule has 0 saturated carbocycles. The molecule has 4 N–H and O–H groups in total. The van der Waals surface area contributed by atoms with Crippen molar-refractivity contribution in [3.8, 4) is 0 Å². The quantitative estimate of drug-likeness (QED) is 0.537. The summed E-state index contributed by atoms with van der Waals surface area (Å²) in [6, 6.07) is 9.49. The second-order valence-corrected chi connectivity index (χ2v) is 2.50. The lowest BCUT2D eigenvalue weighted by Crippen LogP contribution is -1.82. The zero-order valence-electron chi connectivity index (χ0n) is 9.24. The van der Waals surface area contributed by atoms with Gasteiger partial charge < -0.3 is 15.9 Å². The number of carboxylic acid groups (broad SMARTS) is 2. The molecule has 0 atom stereocenters. The fraction of sp³-hybridized carbons (Fsp3) is 0. The van der Waals surface area contributed by atoms with E-state index in [0.29, 0.717) is 0 Å². The number of hydrogen-bond donors (Lipinski definition) is 3. The van der Waals surface area contributed by atoms with Crippen LogP contribution in [0.25, 0.3) is 0 Å². The van der Waals surface area contributed by atoms with Crippen LogP contribution in [0.5, 0.6) is 0 Å². The molecular formula is C12H15NO4. The third kappa shape index (κ3) is 19.7. The molecule has 5 heteroatoms. The summed E-state index contributed by atoms with van der Waals surface area (Å²) in [5, 5.41) is 15.2. The maximum absolute atomic E-state index is 9.25. The van der Waals surface area contributed by atoms with Gasteiger partial charge in [0.25, 0.3) is 0 Å². The number of para-hydroxylation sites is 1. The van der Waals surface area contributed by atoms with Crippen LogP contribution in [0.2, 0.25) is 0 Å². The number of nitrogens with two attached hydrogens (primary N) is 1. The predicted molar refractivity (Wildman–Crippen MR) is 66.5 cm³/mol. The molecular weight excluding hydrogens is 222 g/mol. The van der Waals surface area contributed by atoms with Gasteiger partial charge in [-0.05, 0) is 12.1 Å². The topological polar surface area (TPSA) is 101 Å². The standard InChI is InChI=1S/C6H7N.2C3H4O2/c7-6-4-2-1-3-5-6;2*1-2-3(4)5/h1-5H,7H2;2*2H,1H2,(H,4,5). The first-order chi connectivity index (χ1) is 7.93. The fourth-order valence-electron chi connectivity index (χ4n) is 0.453. The molecule has 1 aromatic rings. The fourth-order valence-corrected chi connectivity index (χ4v) is 0.453. The number of nitrogen functional groups attached to an aromatic ring is 1. The van der Waals surface area contributed by atoms with Gasteiger partial charge in [-0.3, -0.25) is 0 Å². The van der Waals surface area contributed by atoms with E-state index in [1.165, 1.54) is 0 Å². The molecule has 0 unspecified atom stereocenters. The van der Waals surface area contributed by atoms with E-state index in [1.807, 2.05) is 30.3 Å². The van der Waals surface area contributed by atoms with Crippen LogP contribution in [0.15, 0.2) is 55.6 Å². The van der Waals surface area contributed by atoms with Gasteiger partial charge in [-0.25, -0.2) is 9.59 Å². The van der Waals surface area contributed by atoms with Crippen molar-refractivity contribution in [1.29, 1.82) is 0 Å². The van der Waals surface area contributed by atoms with Crippen LogP contribution in [0.4, 0.5) is 5.69 Å². The first kappa shape index (κ1) is 16.9. The van der Waals surface area contributed by atoms with E-state index < -0.39 is 11.9 Å². The zero-order chi connectivity index (χ0) is 13.7. The molecule has 1 rings (SSSR count). The summed E-state index contributed by atoms with van der Waals surface area (Å²) in [5.74, 6) is -1.96. The number of benzene rings is 1. The van der Waals surface area contributed by atoms with E-state index in [0.717, 1.165) is 17.8 Å². The Morgan fingerprint density at radius 3 is 1.41 bits per heavy atom. The number of hydrogen-bond acceptors (Lipinski definition) is 3. The molecule has 0 aromatic heterocycles. The van der Waals surface area contributed by atoms with Crippen LogP contribution in [0.3, 0.4) is 0 Å². The third-order valence-corrected chi connectivity index (χ3v) is 1.15. The van der Waals surface area contributed by atoms with Gasteiger partial charge in [-0.1, -0.05) is 31.4 Å². The van der Waals surface area contributed by atoms with Crippen molar-refractivity contribution in [2.24, 2.45) is 0 Å². The van der Waals surface area contributed by atoms with E-state index in [9.17, 15) is 9.59 Å². The van der Waals surface area contributed by atoms with Gasteiger partial charge in [0.2, 0.25) is 0 Å². The Labute approximate surface area is 99.5 Å². The van der Waals surface area contributed by atoms with E-state index in [2.05, 4.69) is 13.2 Å². The molecule has 0 heterocycles. The Kier molecular flexibility index (Phi) is 11.4. The molecule has 5 nitrogen and oxygen atoms in total. The van der Waals surface area contributed by atoms with Gasteiger partial charge >= 0.3 is 11.9 Å². The van der Waals surface area contributed by atoms with E-state index in [1.54, 1.807) is 0 Å². The van der Waals surface area contributed by atoms with Crippen molar-refractivity contribution < 1.29 is 19.8 Å². The lowest BCUT2D eigenvalue weighted by atomic mass is 10.3. The van der Waals surface area contributed by atoms with Gasteiger partial charge in [0.1, 0.15) is 0 Å². The van der Waals surface area contributed by atoms with Crippen molar-refractivity contribution in [3.05, 3.63) is 55.6 Å². The summed E-state index contributed by atoms with van der Waals surface area (Å²) in [6.07, 6.45) is 1.67. The molecule has 0 aliphatic carbocycles. The Hall–Kier alpha value is -2.56. The van der Waals surface area contributed by atoms with Gasteiger partial charge in [0.05, 0.1) is 0 Å². The minimum Gasteiger partial charge on any atom is -0.478 e. The highest BCUT2D eigenvalue weighted by atomic mass is 16.4. The van der Waals surface area contributed by atoms with Crippen molar-refractivity contribution in [2.45, 2.75) is 0 Å². The van der Waals surface area contributed by atoms with Gasteiger partial charge in [0.15, 0.2) is 0 Å². The highest BCUT2D eigenvalue weighted by molar-refractivity contribution is 5.79. The molecule has 0 saturated heterocycles. The first-order valence-electron chi connectivity index (χ1n) is 4.45. The average Bonchev–Trinajstić information content (AvgIpc) is 2.31. The Morgan fingerprint density at radius 2 is 1.29 bits per heavy atom. The summed E-state index contributed by atoms with van der Waals surface area (Å²) >= 11 is 0.